The van der Waals surface area contributed by atoms with Crippen molar-refractivity contribution in [3.63, 3.8) is 0 Å². The Balaban J connectivity index is 2.83. The number of hydrogen-bond donors (Lipinski definition) is 2. The van der Waals surface area contributed by atoms with Gasteiger partial charge in [-0.15, -0.1) is 0 Å². The van der Waals surface area contributed by atoms with Crippen LogP contribution in [0.1, 0.15) is 16.8 Å². The lowest BCUT2D eigenvalue weighted by Crippen LogP contribution is -2.27. The van der Waals surface area contributed by atoms with E-state index in [1.54, 1.807) is 0 Å². The highest BCUT2D eigenvalue weighted by atomic mass is 16.6. The zero-order valence-electron chi connectivity index (χ0n) is 10.9. The topological polar surface area (TPSA) is 93.5 Å². The third-order valence-electron chi connectivity index (χ3n) is 2.53. The molecule has 0 radical (unpaired) electrons. The Labute approximate surface area is 111 Å². The van der Waals surface area contributed by atoms with Gasteiger partial charge in [0.1, 0.15) is 11.3 Å². The number of nitro groups is 1. The number of hydrogen-bond acceptors (Lipinski definition) is 5. The average Bonchev–Trinajstić information content (AvgIpc) is 2.42. The molecule has 0 aliphatic heterocycles. The molecule has 0 bridgehead atoms. The van der Waals surface area contributed by atoms with E-state index in [1.807, 2.05) is 7.05 Å². The van der Waals surface area contributed by atoms with Crippen LogP contribution in [0.5, 0.6) is 5.75 Å². The largest absolute Gasteiger partial charge is 0.497 e. The Morgan fingerprint density at radius 2 is 2.16 bits per heavy atom. The monoisotopic (exact) mass is 267 g/mol. The predicted octanol–water partition coefficient (Wildman–Crippen LogP) is 0.943. The summed E-state index contributed by atoms with van der Waals surface area (Å²) in [5, 5.41) is 16.5. The van der Waals surface area contributed by atoms with Crippen molar-refractivity contribution in [2.24, 2.45) is 0 Å². The normalized spacial score (nSPS) is 10.0. The molecule has 7 nitrogen and oxygen atoms in total. The van der Waals surface area contributed by atoms with Gasteiger partial charge in [-0.2, -0.15) is 0 Å². The van der Waals surface area contributed by atoms with Crippen molar-refractivity contribution in [1.82, 2.24) is 10.6 Å². The Hall–Kier alpha value is -2.15. The highest BCUT2D eigenvalue weighted by molar-refractivity contribution is 5.98. The summed E-state index contributed by atoms with van der Waals surface area (Å²) in [6.07, 6.45) is 0.750. The molecular weight excluding hydrogens is 250 g/mol. The van der Waals surface area contributed by atoms with Crippen molar-refractivity contribution in [3.8, 4) is 5.75 Å². The second kappa shape index (κ2) is 7.32. The van der Waals surface area contributed by atoms with E-state index in [-0.39, 0.29) is 11.3 Å². The Bertz CT molecular complexity index is 462. The first kappa shape index (κ1) is 14.9. The van der Waals surface area contributed by atoms with Crippen molar-refractivity contribution in [1.29, 1.82) is 0 Å². The second-order valence-electron chi connectivity index (χ2n) is 3.85. The zero-order valence-corrected chi connectivity index (χ0v) is 10.9. The number of rotatable bonds is 7. The lowest BCUT2D eigenvalue weighted by Gasteiger charge is -2.07. The Morgan fingerprint density at radius 1 is 1.42 bits per heavy atom. The van der Waals surface area contributed by atoms with E-state index in [1.165, 1.54) is 25.3 Å². The SMILES string of the molecule is CNCCCNC(=O)c1cc(OC)ccc1[N+](=O)[O-]. The summed E-state index contributed by atoms with van der Waals surface area (Å²) in [7, 11) is 3.25. The van der Waals surface area contributed by atoms with Gasteiger partial charge in [0, 0.05) is 12.6 Å². The molecule has 2 N–H and O–H groups in total. The molecule has 0 saturated carbocycles. The number of carbonyl (C=O) groups excluding carboxylic acids is 1. The Kier molecular flexibility index (Phi) is 5.74. The molecule has 0 aromatic heterocycles. The fourth-order valence-corrected chi connectivity index (χ4v) is 1.55. The van der Waals surface area contributed by atoms with Crippen molar-refractivity contribution in [3.05, 3.63) is 33.9 Å². The molecule has 0 aliphatic rings. The average molecular weight is 267 g/mol. The van der Waals surface area contributed by atoms with E-state index in [0.29, 0.717) is 12.3 Å². The van der Waals surface area contributed by atoms with Crippen LogP contribution in [0.3, 0.4) is 0 Å². The van der Waals surface area contributed by atoms with E-state index < -0.39 is 10.8 Å². The molecule has 1 rings (SSSR count). The van der Waals surface area contributed by atoms with Crippen LogP contribution < -0.4 is 15.4 Å². The van der Waals surface area contributed by atoms with Gasteiger partial charge in [-0.25, -0.2) is 0 Å². The molecule has 19 heavy (non-hydrogen) atoms. The second-order valence-corrected chi connectivity index (χ2v) is 3.85. The number of nitrogens with one attached hydrogen (secondary N) is 2. The standard InChI is InChI=1S/C12H17N3O4/c1-13-6-3-7-14-12(16)10-8-9(19-2)4-5-11(10)15(17)18/h4-5,8,13H,3,6-7H2,1-2H3,(H,14,16). The van der Waals surface area contributed by atoms with Crippen LogP contribution in [0.15, 0.2) is 18.2 Å². The summed E-state index contributed by atoms with van der Waals surface area (Å²) in [5.74, 6) is -0.0623. The molecule has 0 atom stereocenters. The summed E-state index contributed by atoms with van der Waals surface area (Å²) in [5.41, 5.74) is -0.222. The number of methoxy groups -OCH3 is 1. The molecule has 1 amide bonds. The van der Waals surface area contributed by atoms with Gasteiger partial charge < -0.3 is 15.4 Å². The fraction of sp³-hybridized carbons (Fsp3) is 0.417. The minimum atomic E-state index is -0.581. The quantitative estimate of drug-likeness (QED) is 0.435. The van der Waals surface area contributed by atoms with Crippen molar-refractivity contribution in [2.75, 3.05) is 27.2 Å². The molecule has 104 valence electrons. The lowest BCUT2D eigenvalue weighted by molar-refractivity contribution is -0.385. The molecular formula is C12H17N3O4. The van der Waals surface area contributed by atoms with Crippen LogP contribution >= 0.6 is 0 Å². The van der Waals surface area contributed by atoms with E-state index in [0.717, 1.165) is 13.0 Å². The molecule has 0 heterocycles. The van der Waals surface area contributed by atoms with Crippen LogP contribution in [0.25, 0.3) is 0 Å². The summed E-state index contributed by atoms with van der Waals surface area (Å²) >= 11 is 0. The van der Waals surface area contributed by atoms with Crippen LogP contribution in [-0.2, 0) is 0 Å². The maximum atomic E-state index is 11.9. The van der Waals surface area contributed by atoms with Gasteiger partial charge >= 0.3 is 0 Å². The molecule has 1 aromatic carbocycles. The van der Waals surface area contributed by atoms with Gasteiger partial charge in [0.15, 0.2) is 0 Å². The predicted molar refractivity (Wildman–Crippen MR) is 70.5 cm³/mol. The maximum Gasteiger partial charge on any atom is 0.282 e. The molecule has 0 unspecified atom stereocenters. The molecule has 0 fully saturated rings. The van der Waals surface area contributed by atoms with Crippen LogP contribution in [0.4, 0.5) is 5.69 Å². The van der Waals surface area contributed by atoms with E-state index in [9.17, 15) is 14.9 Å². The highest BCUT2D eigenvalue weighted by Gasteiger charge is 2.20. The van der Waals surface area contributed by atoms with Gasteiger partial charge in [-0.1, -0.05) is 0 Å². The first-order valence-corrected chi connectivity index (χ1v) is 5.85. The molecule has 0 saturated heterocycles. The van der Waals surface area contributed by atoms with Crippen LogP contribution in [0.2, 0.25) is 0 Å². The third kappa shape index (κ3) is 4.22. The maximum absolute atomic E-state index is 11.9. The lowest BCUT2D eigenvalue weighted by atomic mass is 10.1. The van der Waals surface area contributed by atoms with Crippen LogP contribution in [-0.4, -0.2) is 38.1 Å². The van der Waals surface area contributed by atoms with Crippen molar-refractivity contribution < 1.29 is 14.5 Å². The molecule has 7 heteroatoms. The van der Waals surface area contributed by atoms with E-state index >= 15 is 0 Å². The van der Waals surface area contributed by atoms with Gasteiger partial charge in [0.25, 0.3) is 11.6 Å². The number of amides is 1. The van der Waals surface area contributed by atoms with Gasteiger partial charge in [-0.3, -0.25) is 14.9 Å². The molecule has 0 aliphatic carbocycles. The van der Waals surface area contributed by atoms with E-state index in [4.69, 9.17) is 4.74 Å². The van der Waals surface area contributed by atoms with Gasteiger partial charge in [0.05, 0.1) is 12.0 Å². The molecule has 0 spiro atoms. The van der Waals surface area contributed by atoms with Gasteiger partial charge in [0.2, 0.25) is 0 Å². The summed E-state index contributed by atoms with van der Waals surface area (Å²) < 4.78 is 4.97. The minimum absolute atomic E-state index is 0.00816. The first-order valence-electron chi connectivity index (χ1n) is 5.85. The number of nitro benzene ring substituents is 1. The minimum Gasteiger partial charge on any atom is -0.497 e. The third-order valence-corrected chi connectivity index (χ3v) is 2.53. The van der Waals surface area contributed by atoms with Crippen molar-refractivity contribution >= 4 is 11.6 Å². The number of nitrogens with zero attached hydrogens (tertiary/aromatic N) is 1. The molecule has 1 aromatic rings. The van der Waals surface area contributed by atoms with Gasteiger partial charge in [-0.05, 0) is 32.1 Å². The smallest absolute Gasteiger partial charge is 0.282 e. The summed E-state index contributed by atoms with van der Waals surface area (Å²) in [6.45, 7) is 1.22. The highest BCUT2D eigenvalue weighted by Crippen LogP contribution is 2.23. The van der Waals surface area contributed by atoms with Crippen molar-refractivity contribution in [2.45, 2.75) is 6.42 Å². The Morgan fingerprint density at radius 3 is 2.74 bits per heavy atom. The number of ether oxygens (including phenoxy) is 1. The first-order chi connectivity index (χ1) is 9.10. The zero-order chi connectivity index (χ0) is 14.3. The van der Waals surface area contributed by atoms with Crippen LogP contribution in [0, 0.1) is 10.1 Å². The summed E-state index contributed by atoms with van der Waals surface area (Å²) in [6, 6.07) is 4.09. The fourth-order valence-electron chi connectivity index (χ4n) is 1.55. The van der Waals surface area contributed by atoms with E-state index in [2.05, 4.69) is 10.6 Å². The number of carbonyl (C=O) groups is 1. The number of benzene rings is 1. The summed E-state index contributed by atoms with van der Waals surface area (Å²) in [4.78, 5) is 22.2.